The Balaban J connectivity index is 3.23. The van der Waals surface area contributed by atoms with Gasteiger partial charge in [-0.3, -0.25) is 4.79 Å². The van der Waals surface area contributed by atoms with Crippen molar-refractivity contribution in [3.63, 3.8) is 0 Å². The second kappa shape index (κ2) is 14.1. The molecule has 0 aromatic rings. The zero-order chi connectivity index (χ0) is 14.3. The van der Waals surface area contributed by atoms with Gasteiger partial charge in [-0.05, 0) is 6.42 Å². The number of hydrogen-bond donors (Lipinski definition) is 1. The molecular weight excluding hydrogens is 264 g/mol. The van der Waals surface area contributed by atoms with Gasteiger partial charge in [-0.25, -0.2) is 0 Å². The van der Waals surface area contributed by atoms with E-state index in [-0.39, 0.29) is 5.97 Å². The summed E-state index contributed by atoms with van der Waals surface area (Å²) in [4.78, 5) is 11.3. The van der Waals surface area contributed by atoms with E-state index in [9.17, 15) is 9.90 Å². The van der Waals surface area contributed by atoms with Crippen molar-refractivity contribution in [2.24, 2.45) is 0 Å². The summed E-state index contributed by atoms with van der Waals surface area (Å²) in [5.74, 6) is -0.0208. The second-order valence-electron chi connectivity index (χ2n) is 5.00. The lowest BCUT2D eigenvalue weighted by Crippen LogP contribution is -2.17. The van der Waals surface area contributed by atoms with Crippen LogP contribution < -0.4 is 0 Å². The van der Waals surface area contributed by atoms with Crippen LogP contribution in [0.2, 0.25) is 0 Å². The standard InChI is InChI=1S/C15H29ClO3/c1-2-3-4-5-6-7-8-9-10-11-14(17)19-15(18)12-13-16/h15,18H,2-13H2,1H3. The average molecular weight is 293 g/mol. The summed E-state index contributed by atoms with van der Waals surface area (Å²) in [5, 5.41) is 9.24. The highest BCUT2D eigenvalue weighted by Gasteiger charge is 2.09. The predicted octanol–water partition coefficient (Wildman–Crippen LogP) is 4.40. The number of unbranched alkanes of at least 4 members (excludes halogenated alkanes) is 8. The summed E-state index contributed by atoms with van der Waals surface area (Å²) >= 11 is 5.44. The molecule has 114 valence electrons. The fourth-order valence-corrected chi connectivity index (χ4v) is 2.13. The first-order valence-corrected chi connectivity index (χ1v) is 8.17. The summed E-state index contributed by atoms with van der Waals surface area (Å²) < 4.78 is 4.79. The summed E-state index contributed by atoms with van der Waals surface area (Å²) in [6.45, 7) is 2.23. The topological polar surface area (TPSA) is 46.5 Å². The van der Waals surface area contributed by atoms with Crippen LogP contribution in [-0.4, -0.2) is 23.2 Å². The largest absolute Gasteiger partial charge is 0.436 e. The van der Waals surface area contributed by atoms with Gasteiger partial charge in [0.15, 0.2) is 0 Å². The van der Waals surface area contributed by atoms with Gasteiger partial charge in [0.05, 0.1) is 0 Å². The summed E-state index contributed by atoms with van der Waals surface area (Å²) in [6.07, 6.45) is 10.6. The first-order chi connectivity index (χ1) is 9.20. The summed E-state index contributed by atoms with van der Waals surface area (Å²) in [5.41, 5.74) is 0. The second-order valence-corrected chi connectivity index (χ2v) is 5.38. The van der Waals surface area contributed by atoms with Crippen molar-refractivity contribution in [3.05, 3.63) is 0 Å². The van der Waals surface area contributed by atoms with Gasteiger partial charge < -0.3 is 9.84 Å². The van der Waals surface area contributed by atoms with Crippen LogP contribution in [0, 0.1) is 0 Å². The van der Waals surface area contributed by atoms with Crippen LogP contribution in [0.1, 0.15) is 77.6 Å². The maximum Gasteiger partial charge on any atom is 0.308 e. The highest BCUT2D eigenvalue weighted by molar-refractivity contribution is 6.17. The SMILES string of the molecule is CCCCCCCCCCCC(=O)OC(O)CCCl. The number of halogens is 1. The fourth-order valence-electron chi connectivity index (χ4n) is 1.94. The van der Waals surface area contributed by atoms with Crippen molar-refractivity contribution < 1.29 is 14.6 Å². The Morgan fingerprint density at radius 2 is 1.58 bits per heavy atom. The quantitative estimate of drug-likeness (QED) is 0.237. The third kappa shape index (κ3) is 13.9. The number of esters is 1. The smallest absolute Gasteiger partial charge is 0.308 e. The number of carbonyl (C=O) groups is 1. The third-order valence-corrected chi connectivity index (χ3v) is 3.33. The van der Waals surface area contributed by atoms with E-state index in [4.69, 9.17) is 16.3 Å². The molecule has 0 bridgehead atoms. The molecule has 0 rings (SSSR count). The minimum atomic E-state index is -1.04. The van der Waals surface area contributed by atoms with E-state index in [0.29, 0.717) is 18.7 Å². The molecule has 0 heterocycles. The monoisotopic (exact) mass is 292 g/mol. The lowest BCUT2D eigenvalue weighted by Gasteiger charge is -2.10. The Morgan fingerprint density at radius 3 is 2.11 bits per heavy atom. The predicted molar refractivity (Wildman–Crippen MR) is 79.3 cm³/mol. The van der Waals surface area contributed by atoms with Crippen LogP contribution in [0.25, 0.3) is 0 Å². The number of hydrogen-bond acceptors (Lipinski definition) is 3. The Kier molecular flexibility index (Phi) is 13.9. The molecule has 1 atom stereocenters. The fraction of sp³-hybridized carbons (Fsp3) is 0.933. The Morgan fingerprint density at radius 1 is 1.05 bits per heavy atom. The Hall–Kier alpha value is -0.280. The van der Waals surface area contributed by atoms with E-state index in [1.807, 2.05) is 0 Å². The van der Waals surface area contributed by atoms with Crippen LogP contribution in [0.3, 0.4) is 0 Å². The maximum atomic E-state index is 11.3. The number of rotatable bonds is 13. The van der Waals surface area contributed by atoms with Crippen molar-refractivity contribution in [1.29, 1.82) is 0 Å². The van der Waals surface area contributed by atoms with Gasteiger partial charge >= 0.3 is 5.97 Å². The van der Waals surface area contributed by atoms with Gasteiger partial charge in [0.1, 0.15) is 0 Å². The Labute approximate surface area is 122 Å². The van der Waals surface area contributed by atoms with Crippen LogP contribution in [-0.2, 0) is 9.53 Å². The number of alkyl halides is 1. The molecular formula is C15H29ClO3. The molecule has 0 radical (unpaired) electrons. The zero-order valence-electron chi connectivity index (χ0n) is 12.2. The van der Waals surface area contributed by atoms with E-state index < -0.39 is 6.29 Å². The first-order valence-electron chi connectivity index (χ1n) is 7.64. The molecule has 0 aromatic carbocycles. The number of carbonyl (C=O) groups excluding carboxylic acids is 1. The first kappa shape index (κ1) is 18.7. The molecule has 0 aromatic heterocycles. The van der Waals surface area contributed by atoms with Crippen molar-refractivity contribution in [2.75, 3.05) is 5.88 Å². The van der Waals surface area contributed by atoms with E-state index in [2.05, 4.69) is 6.92 Å². The van der Waals surface area contributed by atoms with E-state index >= 15 is 0 Å². The lowest BCUT2D eigenvalue weighted by molar-refractivity contribution is -0.168. The van der Waals surface area contributed by atoms with Crippen molar-refractivity contribution >= 4 is 17.6 Å². The minimum absolute atomic E-state index is 0.297. The molecule has 1 N–H and O–H groups in total. The summed E-state index contributed by atoms with van der Waals surface area (Å²) in [6, 6.07) is 0. The maximum absolute atomic E-state index is 11.3. The molecule has 19 heavy (non-hydrogen) atoms. The molecule has 0 saturated carbocycles. The molecule has 1 unspecified atom stereocenters. The normalized spacial score (nSPS) is 12.4. The molecule has 0 amide bonds. The van der Waals surface area contributed by atoms with Gasteiger partial charge in [-0.15, -0.1) is 11.6 Å². The lowest BCUT2D eigenvalue weighted by atomic mass is 10.1. The van der Waals surface area contributed by atoms with Gasteiger partial charge in [0.2, 0.25) is 6.29 Å². The molecule has 3 nitrogen and oxygen atoms in total. The number of aliphatic hydroxyl groups is 1. The Bertz CT molecular complexity index is 210. The van der Waals surface area contributed by atoms with Crippen LogP contribution in [0.5, 0.6) is 0 Å². The van der Waals surface area contributed by atoms with Crippen LogP contribution in [0.15, 0.2) is 0 Å². The highest BCUT2D eigenvalue weighted by Crippen LogP contribution is 2.11. The average Bonchev–Trinajstić information content (AvgIpc) is 2.37. The molecule has 4 heteroatoms. The molecule has 0 aliphatic heterocycles. The molecule has 0 aliphatic rings. The van der Waals surface area contributed by atoms with Gasteiger partial charge in [0, 0.05) is 18.7 Å². The van der Waals surface area contributed by atoms with Crippen molar-refractivity contribution in [1.82, 2.24) is 0 Å². The molecule has 0 spiro atoms. The molecule has 0 fully saturated rings. The van der Waals surface area contributed by atoms with E-state index in [0.717, 1.165) is 12.8 Å². The van der Waals surface area contributed by atoms with E-state index in [1.54, 1.807) is 0 Å². The third-order valence-electron chi connectivity index (χ3n) is 3.11. The van der Waals surface area contributed by atoms with Gasteiger partial charge in [0.25, 0.3) is 0 Å². The minimum Gasteiger partial charge on any atom is -0.436 e. The van der Waals surface area contributed by atoms with Crippen LogP contribution >= 0.6 is 11.6 Å². The van der Waals surface area contributed by atoms with Crippen molar-refractivity contribution in [2.45, 2.75) is 83.8 Å². The van der Waals surface area contributed by atoms with Crippen LogP contribution in [0.4, 0.5) is 0 Å². The number of aliphatic hydroxyl groups excluding tert-OH is 1. The van der Waals surface area contributed by atoms with Gasteiger partial charge in [-0.1, -0.05) is 58.3 Å². The number of ether oxygens (including phenoxy) is 1. The van der Waals surface area contributed by atoms with Gasteiger partial charge in [-0.2, -0.15) is 0 Å². The zero-order valence-corrected chi connectivity index (χ0v) is 13.0. The molecule has 0 saturated heterocycles. The summed E-state index contributed by atoms with van der Waals surface area (Å²) in [7, 11) is 0. The molecule has 0 aliphatic carbocycles. The van der Waals surface area contributed by atoms with Crippen molar-refractivity contribution in [3.8, 4) is 0 Å². The highest BCUT2D eigenvalue weighted by atomic mass is 35.5. The van der Waals surface area contributed by atoms with E-state index in [1.165, 1.54) is 44.9 Å².